The molecule has 0 radical (unpaired) electrons. The highest BCUT2D eigenvalue weighted by atomic mass is 32.1. The Kier molecular flexibility index (Phi) is 6.08. The molecule has 0 unspecified atom stereocenters. The van der Waals surface area contributed by atoms with Crippen LogP contribution in [-0.4, -0.2) is 27.3 Å². The van der Waals surface area contributed by atoms with Gasteiger partial charge in [0.1, 0.15) is 17.4 Å². The van der Waals surface area contributed by atoms with Crippen LogP contribution in [0.25, 0.3) is 16.4 Å². The van der Waals surface area contributed by atoms with Crippen molar-refractivity contribution in [3.8, 4) is 22.1 Å². The van der Waals surface area contributed by atoms with Crippen molar-refractivity contribution in [3.63, 3.8) is 0 Å². The summed E-state index contributed by atoms with van der Waals surface area (Å²) in [5.41, 5.74) is 3.28. The Hall–Kier alpha value is -3.52. The molecule has 0 saturated heterocycles. The van der Waals surface area contributed by atoms with Gasteiger partial charge >= 0.3 is 0 Å². The Labute approximate surface area is 183 Å². The molecule has 31 heavy (non-hydrogen) atoms. The zero-order valence-electron chi connectivity index (χ0n) is 17.1. The summed E-state index contributed by atoms with van der Waals surface area (Å²) in [7, 11) is 0. The van der Waals surface area contributed by atoms with E-state index in [2.05, 4.69) is 15.4 Å². The van der Waals surface area contributed by atoms with Gasteiger partial charge in [0.25, 0.3) is 0 Å². The van der Waals surface area contributed by atoms with E-state index in [1.165, 1.54) is 23.5 Å². The third kappa shape index (κ3) is 4.97. The van der Waals surface area contributed by atoms with Crippen LogP contribution in [0.1, 0.15) is 18.2 Å². The van der Waals surface area contributed by atoms with Crippen molar-refractivity contribution in [2.75, 3.05) is 11.9 Å². The van der Waals surface area contributed by atoms with Crippen LogP contribution in [0.4, 0.5) is 10.2 Å². The summed E-state index contributed by atoms with van der Waals surface area (Å²) < 4.78 is 20.2. The molecule has 0 atom stereocenters. The van der Waals surface area contributed by atoms with Gasteiger partial charge in [-0.3, -0.25) is 4.79 Å². The van der Waals surface area contributed by atoms with Crippen molar-refractivity contribution in [2.45, 2.75) is 20.3 Å². The van der Waals surface area contributed by atoms with Gasteiger partial charge in [0.2, 0.25) is 11.0 Å². The van der Waals surface area contributed by atoms with Gasteiger partial charge in [0.05, 0.1) is 24.4 Å². The number of hydrogen-bond acceptors (Lipinski definition) is 5. The average Bonchev–Trinajstić information content (AvgIpc) is 3.37. The smallest absolute Gasteiger partial charge is 0.229 e. The summed E-state index contributed by atoms with van der Waals surface area (Å²) in [5.74, 6) is 0.814. The third-order valence-electron chi connectivity index (χ3n) is 4.51. The maximum atomic E-state index is 13.1. The Morgan fingerprint density at radius 3 is 2.61 bits per heavy atom. The van der Waals surface area contributed by atoms with Crippen molar-refractivity contribution < 1.29 is 13.9 Å². The van der Waals surface area contributed by atoms with Crippen molar-refractivity contribution in [3.05, 3.63) is 77.1 Å². The fourth-order valence-electron chi connectivity index (χ4n) is 3.09. The number of carbonyl (C=O) groups is 1. The highest BCUT2D eigenvalue weighted by Crippen LogP contribution is 2.27. The number of benzene rings is 2. The lowest BCUT2D eigenvalue weighted by molar-refractivity contribution is -0.115. The lowest BCUT2D eigenvalue weighted by Gasteiger charge is -2.07. The van der Waals surface area contributed by atoms with Gasteiger partial charge < -0.3 is 10.1 Å². The molecular formula is C23H21FN4O2S. The molecule has 4 rings (SSSR count). The molecule has 6 nitrogen and oxygen atoms in total. The number of carbonyl (C=O) groups excluding carboxylic acids is 1. The minimum absolute atomic E-state index is 0.139. The number of ether oxygens (including phenoxy) is 1. The Balaban J connectivity index is 1.52. The molecule has 0 aliphatic heterocycles. The number of nitrogens with zero attached hydrogens (tertiary/aromatic N) is 3. The van der Waals surface area contributed by atoms with Gasteiger partial charge in [0.15, 0.2) is 0 Å². The Morgan fingerprint density at radius 1 is 1.16 bits per heavy atom. The SMILES string of the molecule is CCOc1ccc(-c2csc(-n3nc(C)cc3NC(=O)Cc3ccc(F)cc3)n2)cc1. The molecule has 0 spiro atoms. The maximum Gasteiger partial charge on any atom is 0.229 e. The van der Waals surface area contributed by atoms with Gasteiger partial charge in [-0.2, -0.15) is 9.78 Å². The Bertz CT molecular complexity index is 1180. The van der Waals surface area contributed by atoms with Crippen molar-refractivity contribution in [1.82, 2.24) is 14.8 Å². The lowest BCUT2D eigenvalue weighted by Crippen LogP contribution is -2.17. The summed E-state index contributed by atoms with van der Waals surface area (Å²) in [6.45, 7) is 4.42. The summed E-state index contributed by atoms with van der Waals surface area (Å²) >= 11 is 1.44. The van der Waals surface area contributed by atoms with E-state index >= 15 is 0 Å². The molecule has 0 saturated carbocycles. The van der Waals surface area contributed by atoms with Crippen molar-refractivity contribution in [2.24, 2.45) is 0 Å². The fourth-order valence-corrected chi connectivity index (χ4v) is 3.89. The summed E-state index contributed by atoms with van der Waals surface area (Å²) in [5, 5.41) is 9.96. The number of aryl methyl sites for hydroxylation is 1. The van der Waals surface area contributed by atoms with Gasteiger partial charge in [-0.1, -0.05) is 12.1 Å². The molecule has 2 aromatic heterocycles. The molecule has 1 N–H and O–H groups in total. The van der Waals surface area contributed by atoms with E-state index in [1.807, 2.05) is 43.5 Å². The summed E-state index contributed by atoms with van der Waals surface area (Å²) in [6, 6.07) is 15.4. The highest BCUT2D eigenvalue weighted by molar-refractivity contribution is 7.12. The second-order valence-corrected chi connectivity index (χ2v) is 7.74. The predicted molar refractivity (Wildman–Crippen MR) is 119 cm³/mol. The van der Waals surface area contributed by atoms with E-state index in [0.717, 1.165) is 28.3 Å². The van der Waals surface area contributed by atoms with Gasteiger partial charge in [-0.15, -0.1) is 11.3 Å². The van der Waals surface area contributed by atoms with E-state index in [0.29, 0.717) is 17.6 Å². The number of halogens is 1. The van der Waals surface area contributed by atoms with E-state index < -0.39 is 0 Å². The Morgan fingerprint density at radius 2 is 1.90 bits per heavy atom. The predicted octanol–water partition coefficient (Wildman–Crippen LogP) is 5.02. The van der Waals surface area contributed by atoms with Gasteiger partial charge in [-0.05, 0) is 55.8 Å². The van der Waals surface area contributed by atoms with E-state index in [9.17, 15) is 9.18 Å². The van der Waals surface area contributed by atoms with E-state index in [-0.39, 0.29) is 18.1 Å². The van der Waals surface area contributed by atoms with Crippen LogP contribution in [0.3, 0.4) is 0 Å². The number of anilines is 1. The topological polar surface area (TPSA) is 69.0 Å². The molecular weight excluding hydrogens is 415 g/mol. The molecule has 0 bridgehead atoms. The zero-order chi connectivity index (χ0) is 21.8. The normalized spacial score (nSPS) is 10.8. The van der Waals surface area contributed by atoms with Crippen LogP contribution in [0.2, 0.25) is 0 Å². The molecule has 8 heteroatoms. The van der Waals surface area contributed by atoms with E-state index in [1.54, 1.807) is 22.9 Å². The minimum atomic E-state index is -0.329. The minimum Gasteiger partial charge on any atom is -0.494 e. The zero-order valence-corrected chi connectivity index (χ0v) is 17.9. The number of hydrogen-bond donors (Lipinski definition) is 1. The molecule has 0 fully saturated rings. The molecule has 158 valence electrons. The molecule has 2 heterocycles. The third-order valence-corrected chi connectivity index (χ3v) is 5.33. The van der Waals surface area contributed by atoms with Crippen molar-refractivity contribution in [1.29, 1.82) is 0 Å². The van der Waals surface area contributed by atoms with Crippen LogP contribution in [-0.2, 0) is 11.2 Å². The quantitative estimate of drug-likeness (QED) is 0.442. The van der Waals surface area contributed by atoms with Crippen LogP contribution in [0.15, 0.2) is 60.0 Å². The lowest BCUT2D eigenvalue weighted by atomic mass is 10.1. The number of thiazole rings is 1. The van der Waals surface area contributed by atoms with Crippen LogP contribution in [0.5, 0.6) is 5.75 Å². The molecule has 4 aromatic rings. The standard InChI is InChI=1S/C23H21FN4O2S/c1-3-30-19-10-6-17(7-11-19)20-14-31-23(25-20)28-21(12-15(2)27-28)26-22(29)13-16-4-8-18(24)9-5-16/h4-12,14H,3,13H2,1-2H3,(H,26,29). The monoisotopic (exact) mass is 436 g/mol. The van der Waals surface area contributed by atoms with Crippen LogP contribution >= 0.6 is 11.3 Å². The first-order valence-corrected chi connectivity index (χ1v) is 10.7. The van der Waals surface area contributed by atoms with Gasteiger partial charge in [-0.25, -0.2) is 9.37 Å². The average molecular weight is 437 g/mol. The number of rotatable bonds is 7. The first kappa shape index (κ1) is 20.7. The summed E-state index contributed by atoms with van der Waals surface area (Å²) in [6.07, 6.45) is 0.139. The first-order valence-electron chi connectivity index (χ1n) is 9.82. The van der Waals surface area contributed by atoms with Crippen LogP contribution < -0.4 is 10.1 Å². The first-order chi connectivity index (χ1) is 15.0. The van der Waals surface area contributed by atoms with E-state index in [4.69, 9.17) is 4.74 Å². The highest BCUT2D eigenvalue weighted by Gasteiger charge is 2.15. The molecule has 0 aliphatic rings. The maximum absolute atomic E-state index is 13.1. The molecule has 1 amide bonds. The fraction of sp³-hybridized carbons (Fsp3) is 0.174. The summed E-state index contributed by atoms with van der Waals surface area (Å²) in [4.78, 5) is 17.2. The largest absolute Gasteiger partial charge is 0.494 e. The number of nitrogens with one attached hydrogen (secondary N) is 1. The number of aromatic nitrogens is 3. The molecule has 0 aliphatic carbocycles. The van der Waals surface area contributed by atoms with Crippen LogP contribution in [0, 0.1) is 12.7 Å². The second kappa shape index (κ2) is 9.09. The van der Waals surface area contributed by atoms with Gasteiger partial charge in [0, 0.05) is 17.0 Å². The molecule has 2 aromatic carbocycles. The second-order valence-electron chi connectivity index (χ2n) is 6.91. The van der Waals surface area contributed by atoms with Crippen molar-refractivity contribution >= 4 is 23.1 Å². The number of amides is 1.